The predicted molar refractivity (Wildman–Crippen MR) is 90.7 cm³/mol. The van der Waals surface area contributed by atoms with E-state index in [0.717, 1.165) is 18.8 Å². The van der Waals surface area contributed by atoms with Crippen molar-refractivity contribution < 1.29 is 9.84 Å². The highest BCUT2D eigenvalue weighted by Gasteiger charge is 2.63. The van der Waals surface area contributed by atoms with Gasteiger partial charge in [0.15, 0.2) is 0 Å². The van der Waals surface area contributed by atoms with Crippen molar-refractivity contribution in [3.05, 3.63) is 12.7 Å². The minimum atomic E-state index is -0.920. The molecule has 2 nitrogen and oxygen atoms in total. The molecule has 0 aromatic rings. The van der Waals surface area contributed by atoms with Crippen molar-refractivity contribution in [1.82, 2.24) is 0 Å². The molecule has 0 aromatic heterocycles. The molecule has 0 spiro atoms. The van der Waals surface area contributed by atoms with Gasteiger partial charge in [-0.3, -0.25) is 0 Å². The predicted octanol–water partition coefficient (Wildman–Crippen LogP) is 4.71. The zero-order chi connectivity index (χ0) is 16.4. The van der Waals surface area contributed by atoms with E-state index in [-0.39, 0.29) is 11.7 Å². The Morgan fingerprint density at radius 2 is 1.82 bits per heavy atom. The first kappa shape index (κ1) is 16.5. The summed E-state index contributed by atoms with van der Waals surface area (Å²) >= 11 is 0. The molecule has 22 heavy (non-hydrogen) atoms. The van der Waals surface area contributed by atoms with Crippen LogP contribution in [-0.2, 0) is 4.74 Å². The second-order valence-corrected chi connectivity index (χ2v) is 9.58. The van der Waals surface area contributed by atoms with Crippen LogP contribution in [0, 0.1) is 22.7 Å². The maximum Gasteiger partial charge on any atom is 0.106 e. The van der Waals surface area contributed by atoms with Crippen LogP contribution in [0.25, 0.3) is 0 Å². The van der Waals surface area contributed by atoms with E-state index >= 15 is 0 Å². The van der Waals surface area contributed by atoms with E-state index < -0.39 is 5.60 Å². The summed E-state index contributed by atoms with van der Waals surface area (Å²) in [5, 5.41) is 10.6. The van der Waals surface area contributed by atoms with Crippen molar-refractivity contribution in [3.8, 4) is 0 Å². The van der Waals surface area contributed by atoms with Gasteiger partial charge in [0.25, 0.3) is 0 Å². The Kier molecular flexibility index (Phi) is 3.63. The molecule has 3 rings (SSSR count). The van der Waals surface area contributed by atoms with Crippen molar-refractivity contribution in [2.45, 2.75) is 90.4 Å². The van der Waals surface area contributed by atoms with Crippen LogP contribution in [-0.4, -0.2) is 22.4 Å². The maximum absolute atomic E-state index is 10.6. The zero-order valence-corrected chi connectivity index (χ0v) is 15.1. The molecule has 3 fully saturated rings. The lowest BCUT2D eigenvalue weighted by Gasteiger charge is -2.60. The van der Waals surface area contributed by atoms with Crippen LogP contribution in [0.4, 0.5) is 0 Å². The van der Waals surface area contributed by atoms with Crippen LogP contribution in [0.1, 0.15) is 73.1 Å². The molecule has 1 aliphatic heterocycles. The van der Waals surface area contributed by atoms with Crippen LogP contribution in [0.2, 0.25) is 0 Å². The lowest BCUT2D eigenvalue weighted by Crippen LogP contribution is -2.55. The number of ether oxygens (including phenoxy) is 1. The third-order valence-corrected chi connectivity index (χ3v) is 7.66. The van der Waals surface area contributed by atoms with Gasteiger partial charge in [0.05, 0.1) is 11.7 Å². The normalized spacial score (nSPS) is 49.8. The summed E-state index contributed by atoms with van der Waals surface area (Å²) in [4.78, 5) is 0. The number of hydrogen-bond donors (Lipinski definition) is 1. The second-order valence-electron chi connectivity index (χ2n) is 9.58. The Morgan fingerprint density at radius 3 is 2.45 bits per heavy atom. The maximum atomic E-state index is 10.6. The van der Waals surface area contributed by atoms with Crippen molar-refractivity contribution in [1.29, 1.82) is 0 Å². The van der Waals surface area contributed by atoms with Gasteiger partial charge in [-0.05, 0) is 68.6 Å². The first-order valence-corrected chi connectivity index (χ1v) is 9.09. The van der Waals surface area contributed by atoms with Crippen LogP contribution in [0.15, 0.2) is 12.7 Å². The van der Waals surface area contributed by atoms with E-state index in [1.165, 1.54) is 25.7 Å². The Labute approximate surface area is 136 Å². The quantitative estimate of drug-likeness (QED) is 0.748. The van der Waals surface area contributed by atoms with Gasteiger partial charge in [-0.2, -0.15) is 0 Å². The number of hydrogen-bond acceptors (Lipinski definition) is 2. The average molecular weight is 306 g/mol. The average Bonchev–Trinajstić information content (AvgIpc) is 2.78. The highest BCUT2D eigenvalue weighted by Crippen LogP contribution is 2.66. The third kappa shape index (κ3) is 2.21. The fourth-order valence-electron chi connectivity index (χ4n) is 6.34. The summed E-state index contributed by atoms with van der Waals surface area (Å²) in [5.74, 6) is 1.33. The van der Waals surface area contributed by atoms with Crippen molar-refractivity contribution in [2.24, 2.45) is 22.7 Å². The minimum Gasteiger partial charge on any atom is -0.383 e. The Hall–Kier alpha value is -0.340. The molecule has 126 valence electrons. The van der Waals surface area contributed by atoms with E-state index in [4.69, 9.17) is 4.74 Å². The highest BCUT2D eigenvalue weighted by atomic mass is 16.5. The van der Waals surface area contributed by atoms with Crippen LogP contribution in [0.5, 0.6) is 0 Å². The van der Waals surface area contributed by atoms with E-state index in [9.17, 15) is 5.11 Å². The monoisotopic (exact) mass is 306 g/mol. The summed E-state index contributed by atoms with van der Waals surface area (Å²) in [6.07, 6.45) is 8.90. The molecular weight excluding hydrogens is 272 g/mol. The van der Waals surface area contributed by atoms with Gasteiger partial charge in [-0.15, -0.1) is 6.58 Å². The Bertz CT molecular complexity index is 466. The van der Waals surface area contributed by atoms with Gasteiger partial charge >= 0.3 is 0 Å². The van der Waals surface area contributed by atoms with Gasteiger partial charge in [0.2, 0.25) is 0 Å². The third-order valence-electron chi connectivity index (χ3n) is 7.66. The molecule has 0 bridgehead atoms. The van der Waals surface area contributed by atoms with Gasteiger partial charge in [0.1, 0.15) is 5.60 Å². The first-order chi connectivity index (χ1) is 10.1. The molecule has 0 amide bonds. The molecule has 6 atom stereocenters. The lowest BCUT2D eigenvalue weighted by atomic mass is 9.45. The van der Waals surface area contributed by atoms with Crippen LogP contribution >= 0.6 is 0 Å². The Morgan fingerprint density at radius 1 is 1.14 bits per heavy atom. The standard InChI is InChI=1S/C20H34O2/c1-7-19(5,21)16-13-15-18(4)11-8-10-17(2,3)14(18)9-12-20(15,6)22-16/h7,14-16,21H,1,8-13H2,2-6H3/t14-,15-,16+,18-,19+,20+/m0/s1. The van der Waals surface area contributed by atoms with Crippen molar-refractivity contribution in [2.75, 3.05) is 0 Å². The molecule has 3 aliphatic rings. The minimum absolute atomic E-state index is 0.0731. The van der Waals surface area contributed by atoms with Crippen molar-refractivity contribution >= 4 is 0 Å². The molecule has 1 heterocycles. The SMILES string of the molecule is C=C[C@@](C)(O)[C@H]1C[C@H]2[C@@]3(C)CCCC(C)(C)[C@@H]3CC[C@@]2(C)O1. The summed E-state index contributed by atoms with van der Waals surface area (Å²) in [6, 6.07) is 0. The van der Waals surface area contributed by atoms with Gasteiger partial charge in [-0.25, -0.2) is 0 Å². The lowest BCUT2D eigenvalue weighted by molar-refractivity contribution is -0.168. The van der Waals surface area contributed by atoms with Crippen molar-refractivity contribution in [3.63, 3.8) is 0 Å². The van der Waals surface area contributed by atoms with Gasteiger partial charge in [-0.1, -0.05) is 33.3 Å². The highest BCUT2D eigenvalue weighted by molar-refractivity contribution is 5.14. The van der Waals surface area contributed by atoms with E-state index in [2.05, 4.69) is 34.3 Å². The second kappa shape index (κ2) is 4.83. The molecule has 0 unspecified atom stereocenters. The smallest absolute Gasteiger partial charge is 0.106 e. The summed E-state index contributed by atoms with van der Waals surface area (Å²) in [6.45, 7) is 15.4. The molecule has 2 heteroatoms. The fraction of sp³-hybridized carbons (Fsp3) is 0.900. The van der Waals surface area contributed by atoms with E-state index in [1.54, 1.807) is 6.08 Å². The molecular formula is C20H34O2. The number of aliphatic hydroxyl groups is 1. The summed E-state index contributed by atoms with van der Waals surface area (Å²) < 4.78 is 6.47. The summed E-state index contributed by atoms with van der Waals surface area (Å²) in [5.41, 5.74) is -0.207. The largest absolute Gasteiger partial charge is 0.383 e. The molecule has 2 aliphatic carbocycles. The topological polar surface area (TPSA) is 29.5 Å². The summed E-state index contributed by atoms with van der Waals surface area (Å²) in [7, 11) is 0. The van der Waals surface area contributed by atoms with Gasteiger partial charge in [0, 0.05) is 0 Å². The number of fused-ring (bicyclic) bond motifs is 3. The number of rotatable bonds is 2. The molecule has 1 N–H and O–H groups in total. The molecule has 2 saturated carbocycles. The van der Waals surface area contributed by atoms with Crippen LogP contribution in [0.3, 0.4) is 0 Å². The molecule has 0 aromatic carbocycles. The van der Waals surface area contributed by atoms with E-state index in [1.807, 2.05) is 6.92 Å². The molecule has 0 radical (unpaired) electrons. The zero-order valence-electron chi connectivity index (χ0n) is 15.1. The van der Waals surface area contributed by atoms with Gasteiger partial charge < -0.3 is 9.84 Å². The molecule has 1 saturated heterocycles. The van der Waals surface area contributed by atoms with E-state index in [0.29, 0.717) is 16.7 Å². The first-order valence-electron chi connectivity index (χ1n) is 9.09. The fourth-order valence-corrected chi connectivity index (χ4v) is 6.34. The Balaban J connectivity index is 1.94. The van der Waals surface area contributed by atoms with Crippen LogP contribution < -0.4 is 0 Å².